The van der Waals surface area contributed by atoms with Gasteiger partial charge in [-0.1, -0.05) is 12.1 Å². The van der Waals surface area contributed by atoms with Gasteiger partial charge in [-0.05, 0) is 68.7 Å². The Labute approximate surface area is 153 Å². The molecule has 4 N–H and O–H groups in total. The van der Waals surface area contributed by atoms with Gasteiger partial charge in [-0.15, -0.1) is 0 Å². The number of rotatable bonds is 6. The van der Waals surface area contributed by atoms with Gasteiger partial charge >= 0.3 is 6.03 Å². The summed E-state index contributed by atoms with van der Waals surface area (Å²) in [6.45, 7) is 3.79. The molecule has 2 aromatic carbocycles. The smallest absolute Gasteiger partial charge is 0.319 e. The van der Waals surface area contributed by atoms with Crippen LogP contribution in [0.5, 0.6) is 0 Å². The van der Waals surface area contributed by atoms with E-state index in [9.17, 15) is 9.59 Å². The summed E-state index contributed by atoms with van der Waals surface area (Å²) in [5.74, 6) is -0.110. The highest BCUT2D eigenvalue weighted by molar-refractivity contribution is 5.96. The van der Waals surface area contributed by atoms with Gasteiger partial charge in [0.05, 0.1) is 0 Å². The molecule has 26 heavy (non-hydrogen) atoms. The van der Waals surface area contributed by atoms with Crippen molar-refractivity contribution in [2.75, 3.05) is 16.0 Å². The maximum Gasteiger partial charge on any atom is 0.319 e. The third-order valence-electron chi connectivity index (χ3n) is 4.12. The molecule has 0 bridgehead atoms. The molecule has 1 saturated carbocycles. The van der Waals surface area contributed by atoms with Crippen LogP contribution < -0.4 is 21.3 Å². The lowest BCUT2D eigenvalue weighted by Crippen LogP contribution is -2.32. The summed E-state index contributed by atoms with van der Waals surface area (Å²) in [6, 6.07) is 14.7. The van der Waals surface area contributed by atoms with Gasteiger partial charge in [-0.2, -0.15) is 0 Å². The molecule has 1 aliphatic rings. The summed E-state index contributed by atoms with van der Waals surface area (Å²) < 4.78 is 0. The highest BCUT2D eigenvalue weighted by Crippen LogP contribution is 2.19. The van der Waals surface area contributed by atoms with E-state index in [-0.39, 0.29) is 11.9 Å². The molecule has 6 heteroatoms. The monoisotopic (exact) mass is 352 g/mol. The van der Waals surface area contributed by atoms with Crippen molar-refractivity contribution in [3.63, 3.8) is 0 Å². The molecule has 3 rings (SSSR count). The number of hydrogen-bond acceptors (Lipinski definition) is 3. The number of nitrogens with one attached hydrogen (secondary N) is 4. The van der Waals surface area contributed by atoms with E-state index < -0.39 is 6.04 Å². The van der Waals surface area contributed by atoms with Gasteiger partial charge in [0.2, 0.25) is 5.91 Å². The Bertz CT molecular complexity index is 785. The Morgan fingerprint density at radius 2 is 1.65 bits per heavy atom. The molecule has 0 aromatic heterocycles. The summed E-state index contributed by atoms with van der Waals surface area (Å²) in [5.41, 5.74) is 3.40. The second-order valence-corrected chi connectivity index (χ2v) is 6.67. The first-order chi connectivity index (χ1) is 12.5. The lowest BCUT2D eigenvalue weighted by atomic mass is 10.2. The quantitative estimate of drug-likeness (QED) is 0.639. The molecule has 0 aliphatic heterocycles. The van der Waals surface area contributed by atoms with Crippen molar-refractivity contribution in [3.8, 4) is 0 Å². The van der Waals surface area contributed by atoms with E-state index in [0.29, 0.717) is 11.7 Å². The minimum atomic E-state index is -0.396. The maximum absolute atomic E-state index is 12.3. The van der Waals surface area contributed by atoms with Crippen LogP contribution in [0.1, 0.15) is 25.3 Å². The molecule has 1 aliphatic carbocycles. The minimum Gasteiger partial charge on any atom is -0.374 e. The van der Waals surface area contributed by atoms with Gasteiger partial charge in [0.25, 0.3) is 0 Å². The molecule has 6 nitrogen and oxygen atoms in total. The van der Waals surface area contributed by atoms with Crippen molar-refractivity contribution < 1.29 is 9.59 Å². The van der Waals surface area contributed by atoms with Crippen molar-refractivity contribution in [2.45, 2.75) is 38.8 Å². The van der Waals surface area contributed by atoms with E-state index in [1.807, 2.05) is 43.3 Å². The van der Waals surface area contributed by atoms with E-state index in [1.54, 1.807) is 19.1 Å². The van der Waals surface area contributed by atoms with E-state index in [0.717, 1.165) is 29.8 Å². The first-order valence-electron chi connectivity index (χ1n) is 8.81. The van der Waals surface area contributed by atoms with Crippen LogP contribution in [0.4, 0.5) is 21.9 Å². The largest absolute Gasteiger partial charge is 0.374 e. The van der Waals surface area contributed by atoms with Crippen LogP contribution in [0.25, 0.3) is 0 Å². The number of aryl methyl sites for hydroxylation is 1. The zero-order chi connectivity index (χ0) is 18.5. The number of hydrogen-bond donors (Lipinski definition) is 4. The normalized spacial score (nSPS) is 14.2. The molecule has 0 spiro atoms. The molecule has 0 heterocycles. The number of anilines is 3. The summed E-state index contributed by atoms with van der Waals surface area (Å²) in [4.78, 5) is 24.0. The van der Waals surface area contributed by atoms with Gasteiger partial charge in [-0.3, -0.25) is 4.79 Å². The first-order valence-corrected chi connectivity index (χ1v) is 8.81. The number of urea groups is 1. The van der Waals surface area contributed by atoms with Gasteiger partial charge < -0.3 is 21.3 Å². The zero-order valence-corrected chi connectivity index (χ0v) is 15.0. The molecule has 0 radical (unpaired) electrons. The van der Waals surface area contributed by atoms with Crippen molar-refractivity contribution in [2.24, 2.45) is 0 Å². The molecule has 1 atom stereocenters. The number of carbonyl (C=O) groups is 2. The predicted molar refractivity (Wildman–Crippen MR) is 105 cm³/mol. The summed E-state index contributed by atoms with van der Waals surface area (Å²) in [5, 5.41) is 11.7. The fourth-order valence-electron chi connectivity index (χ4n) is 2.52. The standard InChI is InChI=1S/C20H24N4O2/c1-13-4-3-5-18(12-13)22-19(25)14(2)21-15-6-8-16(9-7-15)23-20(26)24-17-10-11-17/h3-9,12,14,17,21H,10-11H2,1-2H3,(H,22,25)(H2,23,24,26). The third kappa shape index (κ3) is 5.24. The fourth-order valence-corrected chi connectivity index (χ4v) is 2.52. The predicted octanol–water partition coefficient (Wildman–Crippen LogP) is 3.72. The Morgan fingerprint density at radius 3 is 2.31 bits per heavy atom. The Morgan fingerprint density at radius 1 is 0.962 bits per heavy atom. The van der Waals surface area contributed by atoms with Gasteiger partial charge in [0.15, 0.2) is 0 Å². The molecular formula is C20H24N4O2. The van der Waals surface area contributed by atoms with Crippen LogP contribution in [0.2, 0.25) is 0 Å². The van der Waals surface area contributed by atoms with Crippen LogP contribution in [0, 0.1) is 6.92 Å². The fraction of sp³-hybridized carbons (Fsp3) is 0.300. The minimum absolute atomic E-state index is 0.110. The SMILES string of the molecule is Cc1cccc(NC(=O)C(C)Nc2ccc(NC(=O)NC3CC3)cc2)c1. The topological polar surface area (TPSA) is 82.3 Å². The average Bonchev–Trinajstić information content (AvgIpc) is 3.40. The summed E-state index contributed by atoms with van der Waals surface area (Å²) in [7, 11) is 0. The number of carbonyl (C=O) groups excluding carboxylic acids is 2. The van der Waals surface area contributed by atoms with E-state index in [1.165, 1.54) is 0 Å². The van der Waals surface area contributed by atoms with Gasteiger partial charge in [0.1, 0.15) is 6.04 Å². The number of benzene rings is 2. The first kappa shape index (κ1) is 17.8. The molecular weight excluding hydrogens is 328 g/mol. The summed E-state index contributed by atoms with van der Waals surface area (Å²) >= 11 is 0. The van der Waals surface area contributed by atoms with Crippen molar-refractivity contribution in [3.05, 3.63) is 54.1 Å². The van der Waals surface area contributed by atoms with Crippen LogP contribution in [-0.4, -0.2) is 24.0 Å². The average molecular weight is 352 g/mol. The Balaban J connectivity index is 1.50. The van der Waals surface area contributed by atoms with Crippen molar-refractivity contribution in [1.82, 2.24) is 5.32 Å². The molecule has 1 unspecified atom stereocenters. The van der Waals surface area contributed by atoms with Crippen LogP contribution in [0.3, 0.4) is 0 Å². The maximum atomic E-state index is 12.3. The zero-order valence-electron chi connectivity index (χ0n) is 15.0. The van der Waals surface area contributed by atoms with Crippen molar-refractivity contribution in [1.29, 1.82) is 0 Å². The molecule has 136 valence electrons. The van der Waals surface area contributed by atoms with Gasteiger partial charge in [-0.25, -0.2) is 4.79 Å². The summed E-state index contributed by atoms with van der Waals surface area (Å²) in [6.07, 6.45) is 2.11. The third-order valence-corrected chi connectivity index (χ3v) is 4.12. The molecule has 2 aromatic rings. The number of amides is 3. The van der Waals surface area contributed by atoms with E-state index in [2.05, 4.69) is 21.3 Å². The van der Waals surface area contributed by atoms with Crippen LogP contribution in [-0.2, 0) is 4.79 Å². The van der Waals surface area contributed by atoms with Crippen molar-refractivity contribution >= 4 is 29.0 Å². The van der Waals surface area contributed by atoms with Crippen LogP contribution in [0.15, 0.2) is 48.5 Å². The Kier molecular flexibility index (Phi) is 5.41. The highest BCUT2D eigenvalue weighted by atomic mass is 16.2. The lowest BCUT2D eigenvalue weighted by Gasteiger charge is -2.16. The van der Waals surface area contributed by atoms with Gasteiger partial charge in [0, 0.05) is 23.1 Å². The van der Waals surface area contributed by atoms with Crippen LogP contribution >= 0.6 is 0 Å². The highest BCUT2D eigenvalue weighted by Gasteiger charge is 2.23. The second kappa shape index (κ2) is 7.91. The van der Waals surface area contributed by atoms with E-state index in [4.69, 9.17) is 0 Å². The van der Waals surface area contributed by atoms with E-state index >= 15 is 0 Å². The molecule has 1 fully saturated rings. The molecule has 0 saturated heterocycles. The second-order valence-electron chi connectivity index (χ2n) is 6.67. The Hall–Kier alpha value is -3.02. The lowest BCUT2D eigenvalue weighted by molar-refractivity contribution is -0.116. The molecule has 3 amide bonds.